The predicted molar refractivity (Wildman–Crippen MR) is 55.5 cm³/mol. The van der Waals surface area contributed by atoms with Crippen molar-refractivity contribution >= 4 is 5.78 Å². The average molecular weight is 208 g/mol. The van der Waals surface area contributed by atoms with Gasteiger partial charge in [0, 0.05) is 13.2 Å². The number of carbonyl (C=O) groups is 1. The summed E-state index contributed by atoms with van der Waals surface area (Å²) in [7, 11) is 1.85. The molecule has 1 aromatic rings. The molecule has 82 valence electrons. The van der Waals surface area contributed by atoms with Gasteiger partial charge in [0.05, 0.1) is 18.2 Å². The van der Waals surface area contributed by atoms with Crippen LogP contribution in [-0.4, -0.2) is 27.8 Å². The van der Waals surface area contributed by atoms with Crippen molar-refractivity contribution in [3.8, 4) is 0 Å². The van der Waals surface area contributed by atoms with Crippen molar-refractivity contribution in [3.63, 3.8) is 0 Å². The number of carbonyl (C=O) groups excluding carboxylic acids is 1. The van der Waals surface area contributed by atoms with E-state index in [1.54, 1.807) is 4.68 Å². The van der Waals surface area contributed by atoms with E-state index in [0.717, 1.165) is 18.5 Å². The highest BCUT2D eigenvalue weighted by molar-refractivity contribution is 5.85. The minimum Gasteiger partial charge on any atom is -0.367 e. The summed E-state index contributed by atoms with van der Waals surface area (Å²) in [5, 5.41) is 4.18. The molecular formula is C11H16N2O2. The lowest BCUT2D eigenvalue weighted by molar-refractivity contribution is -0.128. The van der Waals surface area contributed by atoms with Crippen LogP contribution in [-0.2, 0) is 23.0 Å². The molecule has 0 aromatic carbocycles. The lowest BCUT2D eigenvalue weighted by Crippen LogP contribution is -2.22. The van der Waals surface area contributed by atoms with Crippen LogP contribution in [0.2, 0.25) is 0 Å². The van der Waals surface area contributed by atoms with Crippen LogP contribution in [0.15, 0.2) is 12.3 Å². The minimum absolute atomic E-state index is 0.151. The summed E-state index contributed by atoms with van der Waals surface area (Å²) in [5.41, 5.74) is 0.825. The third-order valence-electron chi connectivity index (χ3n) is 2.72. The second-order valence-corrected chi connectivity index (χ2v) is 4.14. The van der Waals surface area contributed by atoms with Crippen LogP contribution in [0.3, 0.4) is 0 Å². The number of ether oxygens (including phenoxy) is 1. The van der Waals surface area contributed by atoms with E-state index in [9.17, 15) is 4.79 Å². The molecule has 2 unspecified atom stereocenters. The van der Waals surface area contributed by atoms with Gasteiger partial charge in [-0.15, -0.1) is 0 Å². The van der Waals surface area contributed by atoms with Crippen LogP contribution in [0.25, 0.3) is 0 Å². The van der Waals surface area contributed by atoms with E-state index in [1.807, 2.05) is 26.2 Å². The molecular weight excluding hydrogens is 192 g/mol. The van der Waals surface area contributed by atoms with Crippen LogP contribution in [0.4, 0.5) is 0 Å². The molecule has 0 spiro atoms. The average Bonchev–Trinajstić information content (AvgIpc) is 2.75. The lowest BCUT2D eigenvalue weighted by Gasteiger charge is -2.08. The molecule has 2 rings (SSSR count). The summed E-state index contributed by atoms with van der Waals surface area (Å²) >= 11 is 0. The number of Topliss-reactive ketones (excluding diaryl/α,β-unsaturated/α-hetero) is 1. The third-order valence-corrected chi connectivity index (χ3v) is 2.72. The highest BCUT2D eigenvalue weighted by atomic mass is 16.5. The standard InChI is InChI=1S/C11H16N2O2/c1-8-3-4-11(15-8)10(14)7-9-5-6-13(2)12-9/h5-6,8,11H,3-4,7H2,1-2H3. The van der Waals surface area contributed by atoms with Gasteiger partial charge in [0.2, 0.25) is 0 Å². The number of hydrogen-bond acceptors (Lipinski definition) is 3. The fourth-order valence-electron chi connectivity index (χ4n) is 1.89. The SMILES string of the molecule is CC1CCC(C(=O)Cc2ccn(C)n2)O1. The molecule has 1 saturated heterocycles. The van der Waals surface area contributed by atoms with Crippen molar-refractivity contribution in [2.45, 2.75) is 38.4 Å². The Morgan fingerprint density at radius 2 is 2.47 bits per heavy atom. The molecule has 0 amide bonds. The fourth-order valence-corrected chi connectivity index (χ4v) is 1.89. The highest BCUT2D eigenvalue weighted by Crippen LogP contribution is 2.20. The van der Waals surface area contributed by atoms with Crippen molar-refractivity contribution in [2.75, 3.05) is 0 Å². The first-order chi connectivity index (χ1) is 7.15. The molecule has 0 radical (unpaired) electrons. The smallest absolute Gasteiger partial charge is 0.167 e. The molecule has 0 saturated carbocycles. The van der Waals surface area contributed by atoms with Gasteiger partial charge in [-0.1, -0.05) is 0 Å². The minimum atomic E-state index is -0.206. The Labute approximate surface area is 89.2 Å². The molecule has 0 N–H and O–H groups in total. The summed E-state index contributed by atoms with van der Waals surface area (Å²) in [6.07, 6.45) is 4.09. The molecule has 1 aliphatic heterocycles. The number of hydrogen-bond donors (Lipinski definition) is 0. The Balaban J connectivity index is 1.92. The van der Waals surface area contributed by atoms with E-state index in [-0.39, 0.29) is 18.0 Å². The quantitative estimate of drug-likeness (QED) is 0.747. The van der Waals surface area contributed by atoms with E-state index >= 15 is 0 Å². The number of ketones is 1. The van der Waals surface area contributed by atoms with Gasteiger partial charge in [-0.3, -0.25) is 9.48 Å². The molecule has 4 nitrogen and oxygen atoms in total. The molecule has 0 bridgehead atoms. The van der Waals surface area contributed by atoms with Gasteiger partial charge in [0.15, 0.2) is 5.78 Å². The van der Waals surface area contributed by atoms with Crippen LogP contribution in [0.5, 0.6) is 0 Å². The molecule has 15 heavy (non-hydrogen) atoms. The number of rotatable bonds is 3. The summed E-state index contributed by atoms with van der Waals surface area (Å²) in [6, 6.07) is 1.87. The van der Waals surface area contributed by atoms with Crippen LogP contribution >= 0.6 is 0 Å². The maximum Gasteiger partial charge on any atom is 0.167 e. The van der Waals surface area contributed by atoms with Crippen molar-refractivity contribution in [3.05, 3.63) is 18.0 Å². The van der Waals surface area contributed by atoms with Gasteiger partial charge in [-0.05, 0) is 25.8 Å². The zero-order valence-corrected chi connectivity index (χ0v) is 9.14. The Morgan fingerprint density at radius 3 is 3.00 bits per heavy atom. The molecule has 4 heteroatoms. The van der Waals surface area contributed by atoms with E-state index < -0.39 is 0 Å². The third kappa shape index (κ3) is 2.45. The van der Waals surface area contributed by atoms with Crippen molar-refractivity contribution in [1.29, 1.82) is 0 Å². The first-order valence-electron chi connectivity index (χ1n) is 5.32. The van der Waals surface area contributed by atoms with Gasteiger partial charge in [0.25, 0.3) is 0 Å². The Bertz CT molecular complexity index is 359. The fraction of sp³-hybridized carbons (Fsp3) is 0.636. The summed E-state index contributed by atoms with van der Waals surface area (Å²) in [6.45, 7) is 2.01. The van der Waals surface area contributed by atoms with Crippen LogP contribution < -0.4 is 0 Å². The summed E-state index contributed by atoms with van der Waals surface area (Å²) in [4.78, 5) is 11.8. The van der Waals surface area contributed by atoms with Crippen molar-refractivity contribution < 1.29 is 9.53 Å². The highest BCUT2D eigenvalue weighted by Gasteiger charge is 2.28. The monoisotopic (exact) mass is 208 g/mol. The van der Waals surface area contributed by atoms with Crippen molar-refractivity contribution in [2.24, 2.45) is 7.05 Å². The Morgan fingerprint density at radius 1 is 1.67 bits per heavy atom. The van der Waals surface area contributed by atoms with Gasteiger partial charge in [-0.25, -0.2) is 0 Å². The van der Waals surface area contributed by atoms with Gasteiger partial charge < -0.3 is 4.74 Å². The first-order valence-corrected chi connectivity index (χ1v) is 5.32. The zero-order valence-electron chi connectivity index (χ0n) is 9.14. The van der Waals surface area contributed by atoms with E-state index in [0.29, 0.717) is 6.42 Å². The summed E-state index contributed by atoms with van der Waals surface area (Å²) < 4.78 is 7.23. The zero-order chi connectivity index (χ0) is 10.8. The molecule has 1 aromatic heterocycles. The van der Waals surface area contributed by atoms with E-state index in [1.165, 1.54) is 0 Å². The number of nitrogens with zero attached hydrogens (tertiary/aromatic N) is 2. The largest absolute Gasteiger partial charge is 0.367 e. The molecule has 2 atom stereocenters. The topological polar surface area (TPSA) is 44.1 Å². The van der Waals surface area contributed by atoms with Crippen molar-refractivity contribution in [1.82, 2.24) is 9.78 Å². The molecule has 2 heterocycles. The number of aryl methyl sites for hydroxylation is 1. The van der Waals surface area contributed by atoms with E-state index in [4.69, 9.17) is 4.74 Å². The Kier molecular flexibility index (Phi) is 2.86. The van der Waals surface area contributed by atoms with Gasteiger partial charge >= 0.3 is 0 Å². The van der Waals surface area contributed by atoms with Gasteiger partial charge in [-0.2, -0.15) is 5.10 Å². The lowest BCUT2D eigenvalue weighted by atomic mass is 10.1. The summed E-state index contributed by atoms with van der Waals surface area (Å²) in [5.74, 6) is 0.151. The second-order valence-electron chi connectivity index (χ2n) is 4.14. The molecule has 1 fully saturated rings. The van der Waals surface area contributed by atoms with E-state index in [2.05, 4.69) is 5.10 Å². The second kappa shape index (κ2) is 4.14. The molecule has 0 aliphatic carbocycles. The maximum atomic E-state index is 11.8. The van der Waals surface area contributed by atoms with Crippen LogP contribution in [0.1, 0.15) is 25.5 Å². The first kappa shape index (κ1) is 10.4. The maximum absolute atomic E-state index is 11.8. The normalized spacial score (nSPS) is 25.7. The van der Waals surface area contributed by atoms with Crippen LogP contribution in [0, 0.1) is 0 Å². The number of aromatic nitrogens is 2. The Hall–Kier alpha value is -1.16. The molecule has 1 aliphatic rings. The van der Waals surface area contributed by atoms with Gasteiger partial charge in [0.1, 0.15) is 6.10 Å². The predicted octanol–water partition coefficient (Wildman–Crippen LogP) is 1.10.